The van der Waals surface area contributed by atoms with E-state index in [-0.39, 0.29) is 36.1 Å². The van der Waals surface area contributed by atoms with Gasteiger partial charge in [0.1, 0.15) is 24.0 Å². The summed E-state index contributed by atoms with van der Waals surface area (Å²) in [5.74, 6) is 0.394. The Bertz CT molecular complexity index is 1210. The second-order valence-electron chi connectivity index (χ2n) is 8.13. The number of fused-ring (bicyclic) bond motifs is 3. The molecule has 0 aliphatic heterocycles. The first-order chi connectivity index (χ1) is 14.7. The Morgan fingerprint density at radius 2 is 2.13 bits per heavy atom. The van der Waals surface area contributed by atoms with Crippen molar-refractivity contribution in [2.24, 2.45) is 5.73 Å². The fraction of sp³-hybridized carbons (Fsp3) is 0.500. The number of thiophene rings is 1. The molecule has 31 heavy (non-hydrogen) atoms. The first-order valence-electron chi connectivity index (χ1n) is 10.2. The molecule has 3 aromatic heterocycles. The molecule has 11 heteroatoms. The van der Waals surface area contributed by atoms with Gasteiger partial charge in [-0.3, -0.25) is 14.0 Å². The lowest BCUT2D eigenvalue weighted by Crippen LogP contribution is -2.44. The van der Waals surface area contributed by atoms with E-state index in [2.05, 4.69) is 10.4 Å². The minimum Gasteiger partial charge on any atom is -0.446 e. The zero-order valence-corrected chi connectivity index (χ0v) is 18.8. The Morgan fingerprint density at radius 1 is 1.35 bits per heavy atom. The number of amides is 2. The SMILES string of the molecule is CC(C)c1nn(CC(=O)N[C@H]2CCC[C@@H](OC(N)=O)C2)c(=O)c2cc3sc(Cl)cc3n12. The predicted octanol–water partition coefficient (Wildman–Crippen LogP) is 3.01. The van der Waals surface area contributed by atoms with Crippen LogP contribution in [0.1, 0.15) is 51.3 Å². The number of nitrogens with zero attached hydrogens (tertiary/aromatic N) is 3. The number of rotatable bonds is 5. The van der Waals surface area contributed by atoms with Crippen LogP contribution >= 0.6 is 22.9 Å². The minimum absolute atomic E-state index is 0.0248. The third kappa shape index (κ3) is 4.40. The molecular formula is C20H24ClN5O4S. The van der Waals surface area contributed by atoms with Crippen molar-refractivity contribution >= 4 is 50.7 Å². The fourth-order valence-corrected chi connectivity index (χ4v) is 5.31. The van der Waals surface area contributed by atoms with Crippen molar-refractivity contribution in [1.82, 2.24) is 19.5 Å². The molecule has 1 fully saturated rings. The molecule has 0 bridgehead atoms. The van der Waals surface area contributed by atoms with Crippen molar-refractivity contribution in [1.29, 1.82) is 0 Å². The Kier molecular flexibility index (Phi) is 5.94. The van der Waals surface area contributed by atoms with Crippen LogP contribution in [0.25, 0.3) is 15.7 Å². The first kappa shape index (κ1) is 21.6. The summed E-state index contributed by atoms with van der Waals surface area (Å²) in [7, 11) is 0. The average Bonchev–Trinajstić information content (AvgIpc) is 3.20. The number of hydrogen-bond acceptors (Lipinski definition) is 6. The molecule has 1 aliphatic carbocycles. The molecule has 0 unspecified atom stereocenters. The molecule has 3 heterocycles. The van der Waals surface area contributed by atoms with Crippen molar-refractivity contribution in [3.05, 3.63) is 32.6 Å². The maximum Gasteiger partial charge on any atom is 0.404 e. The van der Waals surface area contributed by atoms with Crippen LogP contribution in [-0.2, 0) is 16.1 Å². The second kappa shape index (κ2) is 8.51. The van der Waals surface area contributed by atoms with Crippen LogP contribution in [0.15, 0.2) is 16.9 Å². The van der Waals surface area contributed by atoms with E-state index in [0.717, 1.165) is 29.5 Å². The van der Waals surface area contributed by atoms with Crippen LogP contribution < -0.4 is 16.6 Å². The van der Waals surface area contributed by atoms with Crippen molar-refractivity contribution < 1.29 is 14.3 Å². The van der Waals surface area contributed by atoms with Gasteiger partial charge in [0.15, 0.2) is 0 Å². The highest BCUT2D eigenvalue weighted by molar-refractivity contribution is 7.22. The molecule has 1 aliphatic rings. The zero-order chi connectivity index (χ0) is 22.3. The molecule has 4 rings (SSSR count). The maximum absolute atomic E-state index is 13.1. The van der Waals surface area contributed by atoms with Gasteiger partial charge in [0, 0.05) is 18.4 Å². The van der Waals surface area contributed by atoms with Crippen LogP contribution in [0.3, 0.4) is 0 Å². The smallest absolute Gasteiger partial charge is 0.404 e. The van der Waals surface area contributed by atoms with E-state index >= 15 is 0 Å². The summed E-state index contributed by atoms with van der Waals surface area (Å²) >= 11 is 7.54. The molecule has 0 radical (unpaired) electrons. The number of nitrogens with two attached hydrogens (primary N) is 1. The fourth-order valence-electron chi connectivity index (χ4n) is 4.15. The van der Waals surface area contributed by atoms with Crippen LogP contribution in [-0.4, -0.2) is 38.3 Å². The van der Waals surface area contributed by atoms with E-state index in [4.69, 9.17) is 22.1 Å². The quantitative estimate of drug-likeness (QED) is 0.600. The van der Waals surface area contributed by atoms with Gasteiger partial charge in [-0.25, -0.2) is 9.48 Å². The molecule has 166 valence electrons. The summed E-state index contributed by atoms with van der Waals surface area (Å²) in [6, 6.07) is 3.48. The van der Waals surface area contributed by atoms with E-state index < -0.39 is 6.09 Å². The molecule has 0 saturated heterocycles. The summed E-state index contributed by atoms with van der Waals surface area (Å²) in [5, 5.41) is 7.43. The number of carbonyl (C=O) groups is 2. The lowest BCUT2D eigenvalue weighted by Gasteiger charge is -2.29. The Hall–Kier alpha value is -2.59. The number of primary amides is 1. The maximum atomic E-state index is 13.1. The van der Waals surface area contributed by atoms with E-state index in [1.54, 1.807) is 6.07 Å². The van der Waals surface area contributed by atoms with Gasteiger partial charge in [0.05, 0.1) is 14.6 Å². The summed E-state index contributed by atoms with van der Waals surface area (Å²) < 4.78 is 9.65. The Balaban J connectivity index is 1.58. The highest BCUT2D eigenvalue weighted by Crippen LogP contribution is 2.32. The predicted molar refractivity (Wildman–Crippen MR) is 119 cm³/mol. The summed E-state index contributed by atoms with van der Waals surface area (Å²) in [6.07, 6.45) is 1.70. The van der Waals surface area contributed by atoms with Gasteiger partial charge in [-0.2, -0.15) is 5.10 Å². The lowest BCUT2D eigenvalue weighted by molar-refractivity contribution is -0.123. The monoisotopic (exact) mass is 465 g/mol. The Morgan fingerprint density at radius 3 is 2.84 bits per heavy atom. The third-order valence-corrected chi connectivity index (χ3v) is 6.65. The summed E-state index contributed by atoms with van der Waals surface area (Å²) in [4.78, 5) is 36.7. The third-order valence-electron chi connectivity index (χ3n) is 5.45. The molecule has 3 aromatic rings. The molecule has 2 amide bonds. The summed E-state index contributed by atoms with van der Waals surface area (Å²) in [6.45, 7) is 3.78. The molecule has 9 nitrogen and oxygen atoms in total. The molecule has 1 saturated carbocycles. The van der Waals surface area contributed by atoms with Gasteiger partial charge >= 0.3 is 6.09 Å². The average molecular weight is 466 g/mol. The van der Waals surface area contributed by atoms with Crippen LogP contribution in [0.4, 0.5) is 4.79 Å². The molecular weight excluding hydrogens is 442 g/mol. The minimum atomic E-state index is -0.810. The van der Waals surface area contributed by atoms with Gasteiger partial charge in [-0.15, -0.1) is 11.3 Å². The number of ether oxygens (including phenoxy) is 1. The number of halogens is 1. The van der Waals surface area contributed by atoms with E-state index in [0.29, 0.717) is 22.1 Å². The normalized spacial score (nSPS) is 19.2. The number of hydrogen-bond donors (Lipinski definition) is 2. The highest BCUT2D eigenvalue weighted by Gasteiger charge is 2.26. The van der Waals surface area contributed by atoms with E-state index in [1.165, 1.54) is 16.0 Å². The van der Waals surface area contributed by atoms with Crippen molar-refractivity contribution in [2.75, 3.05) is 0 Å². The van der Waals surface area contributed by atoms with Crippen LogP contribution in [0, 0.1) is 0 Å². The standard InChI is InChI=1S/C20H24ClN5O4S/c1-10(2)18-24-25(19(28)14-7-15-13(26(14)18)8-16(21)31-15)9-17(27)23-11-4-3-5-12(6-11)30-20(22)29/h7-8,10-12H,3-6,9H2,1-2H3,(H2,22,29)(H,23,27)/t11-,12+/m0/s1. The van der Waals surface area contributed by atoms with Crippen molar-refractivity contribution in [3.63, 3.8) is 0 Å². The lowest BCUT2D eigenvalue weighted by atomic mass is 9.93. The molecule has 0 aromatic carbocycles. The molecule has 3 N–H and O–H groups in total. The second-order valence-corrected chi connectivity index (χ2v) is 9.85. The van der Waals surface area contributed by atoms with Gasteiger partial charge < -0.3 is 15.8 Å². The first-order valence-corrected chi connectivity index (χ1v) is 11.4. The summed E-state index contributed by atoms with van der Waals surface area (Å²) in [5.41, 5.74) is 6.08. The largest absolute Gasteiger partial charge is 0.446 e. The number of carbonyl (C=O) groups excluding carboxylic acids is 2. The van der Waals surface area contributed by atoms with Crippen molar-refractivity contribution in [2.45, 2.75) is 64.1 Å². The molecule has 0 spiro atoms. The van der Waals surface area contributed by atoms with Crippen molar-refractivity contribution in [3.8, 4) is 0 Å². The van der Waals surface area contributed by atoms with Gasteiger partial charge in [0.25, 0.3) is 5.56 Å². The number of aromatic nitrogens is 3. The topological polar surface area (TPSA) is 121 Å². The van der Waals surface area contributed by atoms with E-state index in [9.17, 15) is 14.4 Å². The van der Waals surface area contributed by atoms with E-state index in [1.807, 2.05) is 24.3 Å². The Labute approximate surface area is 187 Å². The van der Waals surface area contributed by atoms with Gasteiger partial charge in [-0.05, 0) is 31.4 Å². The van der Waals surface area contributed by atoms with Crippen LogP contribution in [0.2, 0.25) is 4.34 Å². The van der Waals surface area contributed by atoms with Gasteiger partial charge in [0.2, 0.25) is 5.91 Å². The van der Waals surface area contributed by atoms with Crippen LogP contribution in [0.5, 0.6) is 0 Å². The zero-order valence-electron chi connectivity index (χ0n) is 17.3. The molecule has 2 atom stereocenters. The van der Waals surface area contributed by atoms with Gasteiger partial charge in [-0.1, -0.05) is 25.4 Å². The number of nitrogens with one attached hydrogen (secondary N) is 1. The highest BCUT2D eigenvalue weighted by atomic mass is 35.5.